The van der Waals surface area contributed by atoms with Gasteiger partial charge < -0.3 is 20.1 Å². The highest BCUT2D eigenvalue weighted by atomic mass is 19.1. The van der Waals surface area contributed by atoms with Gasteiger partial charge in [0.2, 0.25) is 0 Å². The van der Waals surface area contributed by atoms with Crippen molar-refractivity contribution in [1.82, 2.24) is 15.0 Å². The molecule has 0 saturated carbocycles. The standard InChI is InChI=1S/C16H13FN4O3/c17-11-1-2-13(22)8-3-4-21(6-10(8)11)15-9-5-12(16(23)24)20-14(9)18-7-19-15/h1-2,5,7,22H,3-4,6H2,(H,23,24)(H,18,19,20). The van der Waals surface area contributed by atoms with Gasteiger partial charge in [0.15, 0.2) is 0 Å². The number of aromatic carboxylic acids is 1. The average molecular weight is 328 g/mol. The van der Waals surface area contributed by atoms with Crippen LogP contribution in [-0.2, 0) is 13.0 Å². The van der Waals surface area contributed by atoms with E-state index >= 15 is 0 Å². The van der Waals surface area contributed by atoms with Gasteiger partial charge in [-0.25, -0.2) is 19.2 Å². The zero-order valence-corrected chi connectivity index (χ0v) is 12.5. The number of carboxylic acids is 1. The van der Waals surface area contributed by atoms with Crippen molar-refractivity contribution in [3.05, 3.63) is 47.2 Å². The van der Waals surface area contributed by atoms with Crippen LogP contribution >= 0.6 is 0 Å². The third-order valence-corrected chi connectivity index (χ3v) is 4.26. The molecule has 0 spiro atoms. The van der Waals surface area contributed by atoms with Crippen molar-refractivity contribution in [1.29, 1.82) is 0 Å². The van der Waals surface area contributed by atoms with Crippen molar-refractivity contribution in [3.8, 4) is 5.75 Å². The number of phenolic OH excluding ortho intramolecular Hbond substituents is 1. The Morgan fingerprint density at radius 2 is 2.12 bits per heavy atom. The summed E-state index contributed by atoms with van der Waals surface area (Å²) in [5.74, 6) is -0.831. The molecular weight excluding hydrogens is 315 g/mol. The number of aromatic nitrogens is 3. The molecule has 1 aliphatic rings. The van der Waals surface area contributed by atoms with Gasteiger partial charge in [0.25, 0.3) is 0 Å². The number of carbonyl (C=O) groups is 1. The number of aromatic amines is 1. The lowest BCUT2D eigenvalue weighted by Gasteiger charge is -2.30. The number of H-pyrrole nitrogens is 1. The van der Waals surface area contributed by atoms with Crippen molar-refractivity contribution in [3.63, 3.8) is 0 Å². The highest BCUT2D eigenvalue weighted by Crippen LogP contribution is 2.33. The van der Waals surface area contributed by atoms with E-state index in [0.29, 0.717) is 40.9 Å². The summed E-state index contributed by atoms with van der Waals surface area (Å²) in [4.78, 5) is 24.0. The fraction of sp³-hybridized carbons (Fsp3) is 0.188. The first-order valence-electron chi connectivity index (χ1n) is 7.36. The van der Waals surface area contributed by atoms with Crippen LogP contribution in [-0.4, -0.2) is 37.7 Å². The maximum atomic E-state index is 14.1. The average Bonchev–Trinajstić information content (AvgIpc) is 3.02. The summed E-state index contributed by atoms with van der Waals surface area (Å²) in [7, 11) is 0. The van der Waals surface area contributed by atoms with Crippen LogP contribution in [0.1, 0.15) is 21.6 Å². The first-order valence-corrected chi connectivity index (χ1v) is 7.36. The first kappa shape index (κ1) is 14.4. The van der Waals surface area contributed by atoms with Gasteiger partial charge in [0, 0.05) is 24.2 Å². The van der Waals surface area contributed by atoms with Crippen molar-refractivity contribution in [2.75, 3.05) is 11.4 Å². The summed E-state index contributed by atoms with van der Waals surface area (Å²) >= 11 is 0. The summed E-state index contributed by atoms with van der Waals surface area (Å²) in [6.45, 7) is 0.777. The van der Waals surface area contributed by atoms with Crippen LogP contribution < -0.4 is 4.90 Å². The zero-order chi connectivity index (χ0) is 16.8. The number of phenols is 1. The maximum Gasteiger partial charge on any atom is 0.352 e. The molecule has 0 atom stereocenters. The molecule has 7 nitrogen and oxygen atoms in total. The summed E-state index contributed by atoms with van der Waals surface area (Å²) in [6.07, 6.45) is 1.81. The Labute approximate surface area is 135 Å². The second-order valence-corrected chi connectivity index (χ2v) is 5.64. The molecule has 0 fully saturated rings. The normalized spacial score (nSPS) is 14.0. The molecule has 1 aliphatic heterocycles. The third kappa shape index (κ3) is 2.15. The van der Waals surface area contributed by atoms with Crippen LogP contribution in [0, 0.1) is 5.82 Å². The summed E-state index contributed by atoms with van der Waals surface area (Å²) in [5, 5.41) is 19.6. The Hall–Kier alpha value is -3.16. The Kier molecular flexibility index (Phi) is 3.12. The molecule has 3 N–H and O–H groups in total. The van der Waals surface area contributed by atoms with Gasteiger partial charge in [-0.2, -0.15) is 0 Å². The van der Waals surface area contributed by atoms with Gasteiger partial charge >= 0.3 is 5.97 Å². The predicted octanol–water partition coefficient (Wildman–Crippen LogP) is 2.06. The van der Waals surface area contributed by atoms with Crippen LogP contribution in [0.2, 0.25) is 0 Å². The monoisotopic (exact) mass is 328 g/mol. The predicted molar refractivity (Wildman–Crippen MR) is 83.7 cm³/mol. The molecule has 8 heteroatoms. The number of carboxylic acid groups (broad SMARTS) is 1. The lowest BCUT2D eigenvalue weighted by molar-refractivity contribution is 0.0691. The number of halogens is 1. The summed E-state index contributed by atoms with van der Waals surface area (Å²) < 4.78 is 14.1. The number of aromatic hydroxyl groups is 1. The van der Waals surface area contributed by atoms with E-state index in [9.17, 15) is 14.3 Å². The molecule has 0 saturated heterocycles. The second-order valence-electron chi connectivity index (χ2n) is 5.64. The fourth-order valence-electron chi connectivity index (χ4n) is 3.09. The van der Waals surface area contributed by atoms with E-state index in [-0.39, 0.29) is 23.8 Å². The molecule has 3 heterocycles. The SMILES string of the molecule is O=C(O)c1cc2c(N3CCc4c(O)ccc(F)c4C3)ncnc2[nH]1. The Morgan fingerprint density at radius 1 is 1.29 bits per heavy atom. The lowest BCUT2D eigenvalue weighted by atomic mass is 9.98. The lowest BCUT2D eigenvalue weighted by Crippen LogP contribution is -2.32. The highest BCUT2D eigenvalue weighted by molar-refractivity contribution is 5.96. The third-order valence-electron chi connectivity index (χ3n) is 4.26. The minimum Gasteiger partial charge on any atom is -0.508 e. The van der Waals surface area contributed by atoms with Crippen molar-refractivity contribution >= 4 is 22.8 Å². The summed E-state index contributed by atoms with van der Waals surface area (Å²) in [5.41, 5.74) is 1.48. The molecule has 1 aromatic carbocycles. The Morgan fingerprint density at radius 3 is 2.92 bits per heavy atom. The van der Waals surface area contributed by atoms with E-state index in [1.807, 2.05) is 4.90 Å². The molecule has 0 unspecified atom stereocenters. The minimum absolute atomic E-state index is 0.0213. The fourth-order valence-corrected chi connectivity index (χ4v) is 3.09. The molecule has 3 aromatic rings. The quantitative estimate of drug-likeness (QED) is 0.665. The van der Waals surface area contributed by atoms with Gasteiger partial charge in [-0.3, -0.25) is 0 Å². The van der Waals surface area contributed by atoms with Crippen molar-refractivity contribution < 1.29 is 19.4 Å². The Bertz CT molecular complexity index is 969. The Balaban J connectivity index is 1.79. The number of nitrogens with one attached hydrogen (secondary N) is 1. The molecule has 0 amide bonds. The first-order chi connectivity index (χ1) is 11.5. The number of hydrogen-bond acceptors (Lipinski definition) is 5. The zero-order valence-electron chi connectivity index (χ0n) is 12.5. The molecule has 0 aliphatic carbocycles. The smallest absolute Gasteiger partial charge is 0.352 e. The van der Waals surface area contributed by atoms with E-state index in [1.54, 1.807) is 0 Å². The molecule has 122 valence electrons. The molecule has 0 radical (unpaired) electrons. The van der Waals surface area contributed by atoms with Crippen LogP contribution in [0.4, 0.5) is 10.2 Å². The van der Waals surface area contributed by atoms with E-state index in [4.69, 9.17) is 5.11 Å². The van der Waals surface area contributed by atoms with E-state index < -0.39 is 5.97 Å². The molecule has 4 rings (SSSR count). The maximum absolute atomic E-state index is 14.1. The number of anilines is 1. The van der Waals surface area contributed by atoms with Crippen molar-refractivity contribution in [2.24, 2.45) is 0 Å². The van der Waals surface area contributed by atoms with Crippen molar-refractivity contribution in [2.45, 2.75) is 13.0 Å². The van der Waals surface area contributed by atoms with Gasteiger partial charge in [-0.1, -0.05) is 0 Å². The second kappa shape index (κ2) is 5.19. The number of rotatable bonds is 2. The number of benzene rings is 1. The topological polar surface area (TPSA) is 102 Å². The molecule has 2 aromatic heterocycles. The van der Waals surface area contributed by atoms with Gasteiger partial charge in [0.1, 0.15) is 35.1 Å². The van der Waals surface area contributed by atoms with Crippen LogP contribution in [0.25, 0.3) is 11.0 Å². The molecule has 0 bridgehead atoms. The highest BCUT2D eigenvalue weighted by Gasteiger charge is 2.25. The molecular formula is C16H13FN4O3. The van der Waals surface area contributed by atoms with Crippen LogP contribution in [0.3, 0.4) is 0 Å². The van der Waals surface area contributed by atoms with E-state index in [2.05, 4.69) is 15.0 Å². The number of hydrogen-bond donors (Lipinski definition) is 3. The van der Waals surface area contributed by atoms with Crippen LogP contribution in [0.5, 0.6) is 5.75 Å². The van der Waals surface area contributed by atoms with Crippen LogP contribution in [0.15, 0.2) is 24.5 Å². The largest absolute Gasteiger partial charge is 0.508 e. The van der Waals surface area contributed by atoms with Gasteiger partial charge in [0.05, 0.1) is 5.39 Å². The van der Waals surface area contributed by atoms with Gasteiger partial charge in [-0.05, 0) is 24.6 Å². The van der Waals surface area contributed by atoms with E-state index in [0.717, 1.165) is 0 Å². The number of fused-ring (bicyclic) bond motifs is 2. The molecule has 24 heavy (non-hydrogen) atoms. The van der Waals surface area contributed by atoms with Gasteiger partial charge in [-0.15, -0.1) is 0 Å². The summed E-state index contributed by atoms with van der Waals surface area (Å²) in [6, 6.07) is 4.07. The van der Waals surface area contributed by atoms with E-state index in [1.165, 1.54) is 24.5 Å². The minimum atomic E-state index is -1.08. The number of nitrogens with zero attached hydrogens (tertiary/aromatic N) is 3.